The zero-order chi connectivity index (χ0) is 11.6. The van der Waals surface area contributed by atoms with Gasteiger partial charge in [0.2, 0.25) is 0 Å². The zero-order valence-corrected chi connectivity index (χ0v) is 10.6. The third-order valence-electron chi connectivity index (χ3n) is 3.27. The van der Waals surface area contributed by atoms with Crippen LogP contribution in [-0.2, 0) is 15.0 Å². The highest BCUT2D eigenvalue weighted by atomic mass is 32.2. The summed E-state index contributed by atoms with van der Waals surface area (Å²) in [4.78, 5) is 5.25. The fourth-order valence-electron chi connectivity index (χ4n) is 2.29. The molecule has 2 saturated heterocycles. The Hall–Kier alpha value is -0.170. The van der Waals surface area contributed by atoms with Gasteiger partial charge < -0.3 is 0 Å². The predicted molar refractivity (Wildman–Crippen MR) is 60.8 cm³/mol. The van der Waals surface area contributed by atoms with Crippen molar-refractivity contribution in [1.82, 2.24) is 8.77 Å². The van der Waals surface area contributed by atoms with Crippen molar-refractivity contribution in [2.75, 3.05) is 19.7 Å². The summed E-state index contributed by atoms with van der Waals surface area (Å²) >= 11 is 0. The van der Waals surface area contributed by atoms with E-state index in [1.165, 1.54) is 4.47 Å². The van der Waals surface area contributed by atoms with Crippen molar-refractivity contribution in [3.05, 3.63) is 0 Å². The van der Waals surface area contributed by atoms with Gasteiger partial charge in [-0.1, -0.05) is 10.9 Å². The highest BCUT2D eigenvalue weighted by molar-refractivity contribution is 7.86. The molecule has 0 aromatic rings. The quantitative estimate of drug-likeness (QED) is 0.736. The average molecular weight is 248 g/mol. The van der Waals surface area contributed by atoms with Crippen LogP contribution in [0.15, 0.2) is 0 Å². The second-order valence-electron chi connectivity index (χ2n) is 4.53. The van der Waals surface area contributed by atoms with E-state index >= 15 is 0 Å². The van der Waals surface area contributed by atoms with E-state index in [0.29, 0.717) is 19.7 Å². The number of piperidine rings is 1. The number of hydroxylamine groups is 1. The molecular formula is C10H20N2O3S. The van der Waals surface area contributed by atoms with Gasteiger partial charge in [-0.15, -0.1) is 0 Å². The fraction of sp³-hybridized carbons (Fsp3) is 1.00. The summed E-state index contributed by atoms with van der Waals surface area (Å²) in [5, 5.41) is 0. The molecule has 0 radical (unpaired) electrons. The van der Waals surface area contributed by atoms with Gasteiger partial charge in [-0.05, 0) is 32.6 Å². The first-order valence-electron chi connectivity index (χ1n) is 6.05. The lowest BCUT2D eigenvalue weighted by atomic mass is 10.1. The molecule has 1 atom stereocenters. The molecule has 16 heavy (non-hydrogen) atoms. The van der Waals surface area contributed by atoms with Crippen LogP contribution in [-0.4, -0.2) is 42.9 Å². The monoisotopic (exact) mass is 248 g/mol. The Balaban J connectivity index is 2.10. The first-order valence-corrected chi connectivity index (χ1v) is 7.44. The maximum Gasteiger partial charge on any atom is 0.304 e. The van der Waals surface area contributed by atoms with E-state index < -0.39 is 10.2 Å². The highest BCUT2D eigenvalue weighted by Crippen LogP contribution is 2.23. The van der Waals surface area contributed by atoms with E-state index in [1.807, 2.05) is 6.92 Å². The van der Waals surface area contributed by atoms with Gasteiger partial charge in [-0.25, -0.2) is 0 Å². The second-order valence-corrected chi connectivity index (χ2v) is 6.30. The molecule has 0 saturated carbocycles. The molecule has 94 valence electrons. The van der Waals surface area contributed by atoms with E-state index in [0.717, 1.165) is 32.1 Å². The Morgan fingerprint density at radius 1 is 1.12 bits per heavy atom. The lowest BCUT2D eigenvalue weighted by molar-refractivity contribution is -0.113. The Kier molecular flexibility index (Phi) is 3.84. The maximum absolute atomic E-state index is 12.3. The summed E-state index contributed by atoms with van der Waals surface area (Å²) in [5.74, 6) is 0. The minimum atomic E-state index is -3.39. The Bertz CT molecular complexity index is 325. The second kappa shape index (κ2) is 5.00. The molecule has 0 aromatic heterocycles. The molecule has 5 nitrogen and oxygen atoms in total. The van der Waals surface area contributed by atoms with E-state index in [4.69, 9.17) is 4.84 Å². The lowest BCUT2D eigenvalue weighted by Gasteiger charge is -2.36. The van der Waals surface area contributed by atoms with Crippen LogP contribution in [0.5, 0.6) is 0 Å². The van der Waals surface area contributed by atoms with Gasteiger partial charge in [-0.2, -0.15) is 12.7 Å². The Morgan fingerprint density at radius 2 is 1.88 bits per heavy atom. The molecule has 0 N–H and O–H groups in total. The predicted octanol–water partition coefficient (Wildman–Crippen LogP) is 1.13. The molecule has 0 amide bonds. The van der Waals surface area contributed by atoms with E-state index in [1.54, 1.807) is 4.31 Å². The molecule has 0 aromatic carbocycles. The summed E-state index contributed by atoms with van der Waals surface area (Å²) < 4.78 is 27.3. The van der Waals surface area contributed by atoms with Gasteiger partial charge in [0.25, 0.3) is 0 Å². The van der Waals surface area contributed by atoms with Crippen molar-refractivity contribution in [1.29, 1.82) is 0 Å². The molecule has 2 aliphatic rings. The van der Waals surface area contributed by atoms with Crippen molar-refractivity contribution < 1.29 is 13.3 Å². The van der Waals surface area contributed by atoms with Crippen molar-refractivity contribution in [2.45, 2.75) is 45.1 Å². The van der Waals surface area contributed by atoms with Crippen LogP contribution in [0.1, 0.15) is 39.0 Å². The SMILES string of the molecule is CC1CCCCN1S(=O)(=O)N1CCCCO1. The minimum absolute atomic E-state index is 0.101. The van der Waals surface area contributed by atoms with Crippen LogP contribution in [0.25, 0.3) is 0 Å². The summed E-state index contributed by atoms with van der Waals surface area (Å²) in [5.41, 5.74) is 0. The molecule has 0 spiro atoms. The molecule has 2 aliphatic heterocycles. The fourth-order valence-corrected chi connectivity index (χ4v) is 4.01. The number of hydrogen-bond acceptors (Lipinski definition) is 3. The van der Waals surface area contributed by atoms with Crippen molar-refractivity contribution in [3.63, 3.8) is 0 Å². The number of nitrogens with zero attached hydrogens (tertiary/aromatic N) is 2. The van der Waals surface area contributed by atoms with Crippen LogP contribution in [0.3, 0.4) is 0 Å². The molecule has 2 fully saturated rings. The summed E-state index contributed by atoms with van der Waals surface area (Å²) in [7, 11) is -3.39. The first kappa shape index (κ1) is 12.3. The first-order chi connectivity index (χ1) is 7.62. The molecule has 1 unspecified atom stereocenters. The zero-order valence-electron chi connectivity index (χ0n) is 9.76. The summed E-state index contributed by atoms with van der Waals surface area (Å²) in [6.07, 6.45) is 4.86. The highest BCUT2D eigenvalue weighted by Gasteiger charge is 2.35. The summed E-state index contributed by atoms with van der Waals surface area (Å²) in [6, 6.07) is 0.101. The number of rotatable bonds is 2. The van der Waals surface area contributed by atoms with Gasteiger partial charge in [0.1, 0.15) is 0 Å². The van der Waals surface area contributed by atoms with Gasteiger partial charge in [0.15, 0.2) is 0 Å². The van der Waals surface area contributed by atoms with Crippen LogP contribution < -0.4 is 0 Å². The van der Waals surface area contributed by atoms with E-state index in [9.17, 15) is 8.42 Å². The van der Waals surface area contributed by atoms with Gasteiger partial charge in [0.05, 0.1) is 6.61 Å². The molecule has 2 heterocycles. The Labute approximate surface area is 97.5 Å². The van der Waals surface area contributed by atoms with Crippen LogP contribution in [0, 0.1) is 0 Å². The Morgan fingerprint density at radius 3 is 2.50 bits per heavy atom. The van der Waals surface area contributed by atoms with Crippen molar-refractivity contribution >= 4 is 10.2 Å². The molecule has 2 rings (SSSR count). The lowest BCUT2D eigenvalue weighted by Crippen LogP contribution is -2.50. The average Bonchev–Trinajstić information content (AvgIpc) is 2.30. The van der Waals surface area contributed by atoms with Gasteiger partial charge in [0, 0.05) is 19.1 Å². The largest absolute Gasteiger partial charge is 0.304 e. The minimum Gasteiger partial charge on any atom is -0.283 e. The van der Waals surface area contributed by atoms with Gasteiger partial charge in [-0.3, -0.25) is 4.84 Å². The van der Waals surface area contributed by atoms with Crippen LogP contribution in [0.4, 0.5) is 0 Å². The standard InChI is InChI=1S/C10H20N2O3S/c1-10-6-2-3-7-11(10)16(13,14)12-8-4-5-9-15-12/h10H,2-9H2,1H3. The molecule has 0 aliphatic carbocycles. The smallest absolute Gasteiger partial charge is 0.283 e. The van der Waals surface area contributed by atoms with E-state index in [-0.39, 0.29) is 6.04 Å². The van der Waals surface area contributed by atoms with E-state index in [2.05, 4.69) is 0 Å². The third kappa shape index (κ3) is 2.40. The van der Waals surface area contributed by atoms with Crippen molar-refractivity contribution in [3.8, 4) is 0 Å². The third-order valence-corrected chi connectivity index (χ3v) is 5.20. The molecular weight excluding hydrogens is 228 g/mol. The van der Waals surface area contributed by atoms with Gasteiger partial charge >= 0.3 is 10.2 Å². The molecule has 6 heteroatoms. The van der Waals surface area contributed by atoms with Crippen LogP contribution in [0.2, 0.25) is 0 Å². The number of hydrogen-bond donors (Lipinski definition) is 0. The summed E-state index contributed by atoms with van der Waals surface area (Å²) in [6.45, 7) is 3.61. The van der Waals surface area contributed by atoms with Crippen LogP contribution >= 0.6 is 0 Å². The normalized spacial score (nSPS) is 30.4. The molecule has 0 bridgehead atoms. The van der Waals surface area contributed by atoms with Crippen molar-refractivity contribution in [2.24, 2.45) is 0 Å². The maximum atomic E-state index is 12.3. The topological polar surface area (TPSA) is 49.9 Å².